The number of carbonyl (C=O) groups is 3. The Morgan fingerprint density at radius 2 is 1.86 bits per heavy atom. The number of benzene rings is 2. The molecule has 8 heteroatoms. The molecule has 0 radical (unpaired) electrons. The first-order valence-electron chi connectivity index (χ1n) is 9.43. The van der Waals surface area contributed by atoms with Crippen LogP contribution in [0.1, 0.15) is 18.9 Å². The Bertz CT molecular complexity index is 947. The highest BCUT2D eigenvalue weighted by molar-refractivity contribution is 6.22. The molecule has 150 valence electrons. The first-order valence-corrected chi connectivity index (χ1v) is 9.43. The number of nitrogens with zero attached hydrogens (tertiary/aromatic N) is 2. The Morgan fingerprint density at radius 3 is 2.62 bits per heavy atom. The van der Waals surface area contributed by atoms with Gasteiger partial charge in [-0.1, -0.05) is 24.3 Å². The second-order valence-electron chi connectivity index (χ2n) is 6.78. The van der Waals surface area contributed by atoms with E-state index in [2.05, 4.69) is 5.32 Å². The van der Waals surface area contributed by atoms with E-state index in [9.17, 15) is 14.4 Å². The van der Waals surface area contributed by atoms with Crippen LogP contribution < -0.4 is 19.7 Å². The molecule has 1 fully saturated rings. The lowest BCUT2D eigenvalue weighted by atomic mass is 10.1. The summed E-state index contributed by atoms with van der Waals surface area (Å²) in [4.78, 5) is 41.0. The zero-order valence-electron chi connectivity index (χ0n) is 16.0. The third-order valence-corrected chi connectivity index (χ3v) is 4.88. The highest BCUT2D eigenvalue weighted by Crippen LogP contribution is 2.34. The highest BCUT2D eigenvalue weighted by atomic mass is 16.7. The second kappa shape index (κ2) is 7.83. The Labute approximate surface area is 168 Å². The molecule has 0 unspecified atom stereocenters. The standard InChI is InChI=1S/C21H21N3O5/c1-2-22-19(25)11-16-20(26)24(15-6-4-3-5-7-15)21(27)23(16)12-14-8-9-17-18(10-14)29-13-28-17/h3-10,16H,2,11-13H2,1H3,(H,22,25)/t16-/m1/s1. The Hall–Kier alpha value is -3.55. The first kappa shape index (κ1) is 18.8. The molecule has 2 heterocycles. The summed E-state index contributed by atoms with van der Waals surface area (Å²) in [6.45, 7) is 2.59. The number of hydrogen-bond acceptors (Lipinski definition) is 5. The van der Waals surface area contributed by atoms with Crippen molar-refractivity contribution in [2.45, 2.75) is 25.9 Å². The van der Waals surface area contributed by atoms with Gasteiger partial charge in [-0.05, 0) is 36.8 Å². The molecule has 1 saturated heterocycles. The van der Waals surface area contributed by atoms with E-state index in [1.807, 2.05) is 12.1 Å². The molecule has 1 atom stereocenters. The lowest BCUT2D eigenvalue weighted by molar-refractivity contribution is -0.127. The predicted molar refractivity (Wildman–Crippen MR) is 105 cm³/mol. The summed E-state index contributed by atoms with van der Waals surface area (Å²) in [6.07, 6.45) is -0.0910. The van der Waals surface area contributed by atoms with Crippen molar-refractivity contribution in [2.24, 2.45) is 0 Å². The number of rotatable bonds is 6. The molecule has 0 aliphatic carbocycles. The van der Waals surface area contributed by atoms with Gasteiger partial charge in [-0.25, -0.2) is 9.69 Å². The fourth-order valence-electron chi connectivity index (χ4n) is 3.51. The average Bonchev–Trinajstić information content (AvgIpc) is 3.27. The van der Waals surface area contributed by atoms with Crippen LogP contribution in [0.4, 0.5) is 10.5 Å². The topological polar surface area (TPSA) is 88.2 Å². The van der Waals surface area contributed by atoms with Crippen molar-refractivity contribution in [2.75, 3.05) is 18.2 Å². The Balaban J connectivity index is 1.63. The maximum Gasteiger partial charge on any atom is 0.332 e. The Morgan fingerprint density at radius 1 is 1.10 bits per heavy atom. The van der Waals surface area contributed by atoms with Crippen LogP contribution in [0.5, 0.6) is 11.5 Å². The van der Waals surface area contributed by atoms with Gasteiger partial charge in [-0.2, -0.15) is 0 Å². The normalized spacial score (nSPS) is 17.8. The van der Waals surface area contributed by atoms with Crippen LogP contribution in [0.15, 0.2) is 48.5 Å². The summed E-state index contributed by atoms with van der Waals surface area (Å²) in [5, 5.41) is 2.70. The first-order chi connectivity index (χ1) is 14.1. The van der Waals surface area contributed by atoms with Crippen molar-refractivity contribution in [1.82, 2.24) is 10.2 Å². The van der Waals surface area contributed by atoms with Crippen molar-refractivity contribution < 1.29 is 23.9 Å². The summed E-state index contributed by atoms with van der Waals surface area (Å²) in [5.74, 6) is 0.556. The van der Waals surface area contributed by atoms with Crippen LogP contribution in [0.2, 0.25) is 0 Å². The smallest absolute Gasteiger partial charge is 0.332 e. The molecule has 2 aliphatic heterocycles. The molecule has 0 aromatic heterocycles. The zero-order valence-corrected chi connectivity index (χ0v) is 16.0. The van der Waals surface area contributed by atoms with E-state index in [1.165, 1.54) is 4.90 Å². The summed E-state index contributed by atoms with van der Waals surface area (Å²) >= 11 is 0. The monoisotopic (exact) mass is 395 g/mol. The van der Waals surface area contributed by atoms with Crippen LogP contribution in [-0.2, 0) is 16.1 Å². The molecule has 2 aliphatic rings. The van der Waals surface area contributed by atoms with Crippen LogP contribution in [0, 0.1) is 0 Å². The van der Waals surface area contributed by atoms with Crippen LogP contribution >= 0.6 is 0 Å². The van der Waals surface area contributed by atoms with Crippen LogP contribution in [0.25, 0.3) is 0 Å². The van der Waals surface area contributed by atoms with E-state index in [0.29, 0.717) is 23.7 Å². The molecule has 1 N–H and O–H groups in total. The fourth-order valence-corrected chi connectivity index (χ4v) is 3.51. The van der Waals surface area contributed by atoms with E-state index < -0.39 is 18.0 Å². The number of carbonyl (C=O) groups excluding carboxylic acids is 3. The van der Waals surface area contributed by atoms with E-state index in [1.54, 1.807) is 43.3 Å². The molecule has 2 aromatic rings. The third-order valence-electron chi connectivity index (χ3n) is 4.88. The van der Waals surface area contributed by atoms with Crippen molar-refractivity contribution >= 4 is 23.5 Å². The van der Waals surface area contributed by atoms with E-state index >= 15 is 0 Å². The van der Waals surface area contributed by atoms with E-state index in [4.69, 9.17) is 9.47 Å². The molecule has 4 amide bonds. The molecular formula is C21H21N3O5. The minimum Gasteiger partial charge on any atom is -0.454 e. The van der Waals surface area contributed by atoms with Gasteiger partial charge in [-0.15, -0.1) is 0 Å². The molecule has 8 nitrogen and oxygen atoms in total. The lowest BCUT2D eigenvalue weighted by Gasteiger charge is -2.21. The summed E-state index contributed by atoms with van der Waals surface area (Å²) in [7, 11) is 0. The number of hydrogen-bond donors (Lipinski definition) is 1. The molecule has 0 saturated carbocycles. The minimum absolute atomic E-state index is 0.0910. The Kier molecular flexibility index (Phi) is 5.07. The van der Waals surface area contributed by atoms with Crippen molar-refractivity contribution in [3.63, 3.8) is 0 Å². The van der Waals surface area contributed by atoms with E-state index in [0.717, 1.165) is 10.5 Å². The van der Waals surface area contributed by atoms with Gasteiger partial charge in [0.15, 0.2) is 11.5 Å². The van der Waals surface area contributed by atoms with Gasteiger partial charge in [0, 0.05) is 13.1 Å². The molecule has 0 spiro atoms. The molecular weight excluding hydrogens is 374 g/mol. The SMILES string of the molecule is CCNC(=O)C[C@@H]1C(=O)N(c2ccccc2)C(=O)N1Cc1ccc2c(c1)OCO2. The van der Waals surface area contributed by atoms with Crippen molar-refractivity contribution in [1.29, 1.82) is 0 Å². The number of urea groups is 1. The molecule has 0 bridgehead atoms. The summed E-state index contributed by atoms with van der Waals surface area (Å²) in [5.41, 5.74) is 1.27. The fraction of sp³-hybridized carbons (Fsp3) is 0.286. The number of para-hydroxylation sites is 1. The molecule has 2 aromatic carbocycles. The summed E-state index contributed by atoms with van der Waals surface area (Å²) < 4.78 is 10.7. The van der Waals surface area contributed by atoms with Gasteiger partial charge in [0.2, 0.25) is 12.7 Å². The largest absolute Gasteiger partial charge is 0.454 e. The number of anilines is 1. The van der Waals surface area contributed by atoms with Gasteiger partial charge in [0.1, 0.15) is 6.04 Å². The van der Waals surface area contributed by atoms with Crippen LogP contribution in [-0.4, -0.2) is 42.1 Å². The van der Waals surface area contributed by atoms with Gasteiger partial charge in [0.05, 0.1) is 12.1 Å². The maximum atomic E-state index is 13.1. The van der Waals surface area contributed by atoms with Gasteiger partial charge in [-0.3, -0.25) is 9.59 Å². The van der Waals surface area contributed by atoms with Gasteiger partial charge >= 0.3 is 6.03 Å². The quantitative estimate of drug-likeness (QED) is 0.758. The third kappa shape index (κ3) is 3.61. The van der Waals surface area contributed by atoms with E-state index in [-0.39, 0.29) is 25.7 Å². The second-order valence-corrected chi connectivity index (χ2v) is 6.78. The van der Waals surface area contributed by atoms with Crippen molar-refractivity contribution in [3.05, 3.63) is 54.1 Å². The number of imide groups is 1. The van der Waals surface area contributed by atoms with Crippen LogP contribution in [0.3, 0.4) is 0 Å². The maximum absolute atomic E-state index is 13.1. The number of amides is 4. The highest BCUT2D eigenvalue weighted by Gasteiger charge is 2.46. The predicted octanol–water partition coefficient (Wildman–Crippen LogP) is 2.28. The van der Waals surface area contributed by atoms with Crippen molar-refractivity contribution in [3.8, 4) is 11.5 Å². The summed E-state index contributed by atoms with van der Waals surface area (Å²) in [6, 6.07) is 12.8. The zero-order chi connectivity index (χ0) is 20.4. The molecule has 4 rings (SSSR count). The lowest BCUT2D eigenvalue weighted by Crippen LogP contribution is -2.39. The average molecular weight is 395 g/mol. The number of fused-ring (bicyclic) bond motifs is 1. The van der Waals surface area contributed by atoms with Gasteiger partial charge in [0.25, 0.3) is 5.91 Å². The minimum atomic E-state index is -0.875. The molecule has 29 heavy (non-hydrogen) atoms. The number of ether oxygens (including phenoxy) is 2. The van der Waals surface area contributed by atoms with Gasteiger partial charge < -0.3 is 19.7 Å². The number of nitrogens with one attached hydrogen (secondary N) is 1.